The lowest BCUT2D eigenvalue weighted by Crippen LogP contribution is -2.61. The summed E-state index contributed by atoms with van der Waals surface area (Å²) in [6, 6.07) is 2.84. The molecule has 2 rings (SSSR count). The van der Waals surface area contributed by atoms with Gasteiger partial charge in [0, 0.05) is 36.6 Å². The Kier molecular flexibility index (Phi) is 3.95. The van der Waals surface area contributed by atoms with Crippen LogP contribution < -0.4 is 11.1 Å². The van der Waals surface area contributed by atoms with Crippen LogP contribution >= 0.6 is 0 Å². The molecule has 22 heavy (non-hydrogen) atoms. The smallest absolute Gasteiger partial charge is 0.405 e. The molecule has 0 bridgehead atoms. The molecule has 0 unspecified atom stereocenters. The first-order chi connectivity index (χ1) is 10.1. The molecule has 1 fully saturated rings. The van der Waals surface area contributed by atoms with Crippen LogP contribution in [0.1, 0.15) is 33.6 Å². The van der Waals surface area contributed by atoms with Crippen LogP contribution in [0.5, 0.6) is 0 Å². The van der Waals surface area contributed by atoms with Crippen LogP contribution in [0.2, 0.25) is 0 Å². The Morgan fingerprint density at radius 3 is 2.68 bits per heavy atom. The van der Waals surface area contributed by atoms with Crippen LogP contribution in [0.3, 0.4) is 0 Å². The normalized spacial score (nSPS) is 24.2. The molecule has 0 aromatic carbocycles. The molecular formula is C14H20N4O4. The van der Waals surface area contributed by atoms with Gasteiger partial charge in [0.2, 0.25) is 5.82 Å². The molecule has 0 atom stereocenters. The monoisotopic (exact) mass is 308 g/mol. The number of nitro groups is 1. The number of aromatic nitrogens is 1. The van der Waals surface area contributed by atoms with Crippen molar-refractivity contribution in [1.82, 2.24) is 4.98 Å². The van der Waals surface area contributed by atoms with Crippen molar-refractivity contribution in [3.8, 4) is 0 Å². The van der Waals surface area contributed by atoms with E-state index in [0.29, 0.717) is 12.8 Å². The quantitative estimate of drug-likeness (QED) is 0.651. The van der Waals surface area contributed by atoms with Crippen molar-refractivity contribution in [2.75, 3.05) is 5.32 Å². The third-order valence-electron chi connectivity index (χ3n) is 4.14. The number of hydrogen-bond acceptors (Lipinski definition) is 6. The Hall–Kier alpha value is -2.38. The van der Waals surface area contributed by atoms with Crippen molar-refractivity contribution >= 4 is 17.6 Å². The number of carbonyl (C=O) groups excluding carboxylic acids is 1. The molecule has 8 nitrogen and oxygen atoms in total. The molecule has 120 valence electrons. The van der Waals surface area contributed by atoms with Crippen LogP contribution in [0.15, 0.2) is 18.3 Å². The van der Waals surface area contributed by atoms with Gasteiger partial charge in [0.25, 0.3) is 0 Å². The Morgan fingerprint density at radius 1 is 1.55 bits per heavy atom. The summed E-state index contributed by atoms with van der Waals surface area (Å²) >= 11 is 0. The molecule has 0 aliphatic heterocycles. The Bertz CT molecular complexity index is 591. The van der Waals surface area contributed by atoms with Gasteiger partial charge in [0.1, 0.15) is 5.60 Å². The fourth-order valence-corrected chi connectivity index (χ4v) is 2.73. The first kappa shape index (κ1) is 16.0. The van der Waals surface area contributed by atoms with Gasteiger partial charge in [0.05, 0.1) is 4.92 Å². The summed E-state index contributed by atoms with van der Waals surface area (Å²) in [6.45, 7) is 5.90. The number of hydrogen-bond donors (Lipinski definition) is 2. The maximum atomic E-state index is 11.1. The highest BCUT2D eigenvalue weighted by molar-refractivity contribution is 5.65. The van der Waals surface area contributed by atoms with Gasteiger partial charge in [-0.25, -0.2) is 9.78 Å². The summed E-state index contributed by atoms with van der Waals surface area (Å²) in [7, 11) is 0. The number of carbonyl (C=O) groups is 1. The molecule has 1 heterocycles. The zero-order chi connectivity index (χ0) is 16.5. The second-order valence-electron chi connectivity index (χ2n) is 6.54. The lowest BCUT2D eigenvalue weighted by atomic mass is 9.61. The third kappa shape index (κ3) is 2.95. The Morgan fingerprint density at radius 2 is 2.18 bits per heavy atom. The zero-order valence-corrected chi connectivity index (χ0v) is 12.8. The molecule has 1 aromatic rings. The van der Waals surface area contributed by atoms with Gasteiger partial charge in [-0.1, -0.05) is 20.8 Å². The molecule has 0 radical (unpaired) electrons. The van der Waals surface area contributed by atoms with Crippen LogP contribution in [-0.4, -0.2) is 27.6 Å². The maximum Gasteiger partial charge on any atom is 0.405 e. The number of nitrogens with one attached hydrogen (secondary N) is 1. The van der Waals surface area contributed by atoms with Crippen molar-refractivity contribution < 1.29 is 14.5 Å². The lowest BCUT2D eigenvalue weighted by molar-refractivity contribution is -0.384. The molecule has 0 spiro atoms. The predicted octanol–water partition coefficient (Wildman–Crippen LogP) is 2.44. The Balaban J connectivity index is 2.10. The van der Waals surface area contributed by atoms with Gasteiger partial charge in [-0.15, -0.1) is 0 Å². The highest BCUT2D eigenvalue weighted by Crippen LogP contribution is 2.49. The molecule has 1 aromatic heterocycles. The Labute approximate surface area is 128 Å². The first-order valence-electron chi connectivity index (χ1n) is 6.99. The minimum absolute atomic E-state index is 0.0628. The summed E-state index contributed by atoms with van der Waals surface area (Å²) in [5, 5.41) is 14.0. The predicted molar refractivity (Wildman–Crippen MR) is 80.4 cm³/mol. The summed E-state index contributed by atoms with van der Waals surface area (Å²) in [5.74, 6) is 0.221. The second-order valence-corrected chi connectivity index (χ2v) is 6.54. The van der Waals surface area contributed by atoms with E-state index in [9.17, 15) is 14.9 Å². The SMILES string of the molecule is CC(C)(C)[C@]1(OC(N)=O)C[C@H](Nc2ncccc2[N+](=O)[O-])C1. The minimum atomic E-state index is -0.808. The molecule has 1 amide bonds. The van der Waals surface area contributed by atoms with Crippen LogP contribution in [0.4, 0.5) is 16.3 Å². The van der Waals surface area contributed by atoms with Crippen molar-refractivity contribution in [2.45, 2.75) is 45.3 Å². The minimum Gasteiger partial charge on any atom is -0.442 e. The van der Waals surface area contributed by atoms with Crippen molar-refractivity contribution in [1.29, 1.82) is 0 Å². The van der Waals surface area contributed by atoms with E-state index in [-0.39, 0.29) is 23.0 Å². The summed E-state index contributed by atoms with van der Waals surface area (Å²) in [4.78, 5) is 25.6. The largest absolute Gasteiger partial charge is 0.442 e. The second kappa shape index (κ2) is 5.43. The van der Waals surface area contributed by atoms with E-state index < -0.39 is 16.6 Å². The summed E-state index contributed by atoms with van der Waals surface area (Å²) in [5.41, 5.74) is 4.14. The number of primary amides is 1. The standard InChI is InChI=1S/C14H20N4O4/c1-13(2,3)14(22-12(15)19)7-9(8-14)17-11-10(18(20)21)5-4-6-16-11/h4-6,9H,7-8H2,1-3H3,(H2,15,19)(H,16,17)/t9-,14-. The molecule has 1 aliphatic rings. The van der Waals surface area contributed by atoms with E-state index in [1.165, 1.54) is 18.3 Å². The van der Waals surface area contributed by atoms with Crippen LogP contribution in [0, 0.1) is 15.5 Å². The number of nitrogens with two attached hydrogens (primary N) is 1. The number of ether oxygens (including phenoxy) is 1. The fraction of sp³-hybridized carbons (Fsp3) is 0.571. The van der Waals surface area contributed by atoms with E-state index in [2.05, 4.69) is 10.3 Å². The van der Waals surface area contributed by atoms with E-state index in [0.717, 1.165) is 0 Å². The van der Waals surface area contributed by atoms with Gasteiger partial charge < -0.3 is 15.8 Å². The van der Waals surface area contributed by atoms with Crippen LogP contribution in [0.25, 0.3) is 0 Å². The number of nitrogens with zero attached hydrogens (tertiary/aromatic N) is 2. The van der Waals surface area contributed by atoms with Gasteiger partial charge in [0.15, 0.2) is 0 Å². The van der Waals surface area contributed by atoms with Crippen LogP contribution in [-0.2, 0) is 4.74 Å². The van der Waals surface area contributed by atoms with Crippen molar-refractivity contribution in [2.24, 2.45) is 11.1 Å². The average Bonchev–Trinajstić information content (AvgIpc) is 2.34. The topological polar surface area (TPSA) is 120 Å². The zero-order valence-electron chi connectivity index (χ0n) is 12.8. The lowest BCUT2D eigenvalue weighted by Gasteiger charge is -2.54. The molecule has 8 heteroatoms. The molecule has 1 aliphatic carbocycles. The summed E-state index contributed by atoms with van der Waals surface area (Å²) in [6.07, 6.45) is 1.72. The van der Waals surface area contributed by atoms with E-state index in [1.54, 1.807) is 0 Å². The van der Waals surface area contributed by atoms with E-state index in [1.807, 2.05) is 20.8 Å². The highest BCUT2D eigenvalue weighted by Gasteiger charge is 2.55. The van der Waals surface area contributed by atoms with Gasteiger partial charge in [-0.2, -0.15) is 0 Å². The highest BCUT2D eigenvalue weighted by atomic mass is 16.6. The molecule has 3 N–H and O–H groups in total. The number of pyridine rings is 1. The van der Waals surface area contributed by atoms with Gasteiger partial charge >= 0.3 is 11.8 Å². The molecule has 1 saturated carbocycles. The number of rotatable bonds is 4. The van der Waals surface area contributed by atoms with Crippen molar-refractivity contribution in [3.05, 3.63) is 28.4 Å². The number of amides is 1. The molecule has 0 saturated heterocycles. The third-order valence-corrected chi connectivity index (χ3v) is 4.14. The van der Waals surface area contributed by atoms with E-state index >= 15 is 0 Å². The molecular weight excluding hydrogens is 288 g/mol. The van der Waals surface area contributed by atoms with Gasteiger partial charge in [-0.3, -0.25) is 10.1 Å². The van der Waals surface area contributed by atoms with Gasteiger partial charge in [-0.05, 0) is 6.07 Å². The van der Waals surface area contributed by atoms with E-state index in [4.69, 9.17) is 10.5 Å². The first-order valence-corrected chi connectivity index (χ1v) is 6.99. The van der Waals surface area contributed by atoms with Crippen molar-refractivity contribution in [3.63, 3.8) is 0 Å². The fourth-order valence-electron chi connectivity index (χ4n) is 2.73. The summed E-state index contributed by atoms with van der Waals surface area (Å²) < 4.78 is 5.33. The number of anilines is 1. The average molecular weight is 308 g/mol. The maximum absolute atomic E-state index is 11.1.